The Labute approximate surface area is 87.5 Å². The molecule has 0 amide bonds. The van der Waals surface area contributed by atoms with Crippen LogP contribution in [0.1, 0.15) is 40.0 Å². The van der Waals surface area contributed by atoms with Crippen molar-refractivity contribution in [2.75, 3.05) is 13.6 Å². The Morgan fingerprint density at radius 1 is 1.50 bits per heavy atom. The topological polar surface area (TPSA) is 29.1 Å². The lowest BCUT2D eigenvalue weighted by Crippen LogP contribution is -2.42. The van der Waals surface area contributed by atoms with E-state index in [1.54, 1.807) is 6.92 Å². The maximum atomic E-state index is 11.7. The maximum absolute atomic E-state index is 11.7. The first-order valence-electron chi connectivity index (χ1n) is 5.64. The summed E-state index contributed by atoms with van der Waals surface area (Å²) in [4.78, 5) is 11.7. The maximum Gasteiger partial charge on any atom is 0.133 e. The van der Waals surface area contributed by atoms with Gasteiger partial charge in [-0.3, -0.25) is 4.79 Å². The Bertz CT molecular complexity index is 208. The minimum absolute atomic E-state index is 0.200. The molecule has 0 radical (unpaired) electrons. The van der Waals surface area contributed by atoms with E-state index in [1.807, 2.05) is 7.05 Å². The molecule has 2 unspecified atom stereocenters. The van der Waals surface area contributed by atoms with Gasteiger partial charge < -0.3 is 5.32 Å². The van der Waals surface area contributed by atoms with E-state index in [0.717, 1.165) is 6.54 Å². The molecular formula is C12H23NO. The highest BCUT2D eigenvalue weighted by Gasteiger charge is 2.41. The summed E-state index contributed by atoms with van der Waals surface area (Å²) in [6.45, 7) is 7.20. The van der Waals surface area contributed by atoms with Gasteiger partial charge in [-0.2, -0.15) is 0 Å². The van der Waals surface area contributed by atoms with Gasteiger partial charge in [-0.25, -0.2) is 0 Å². The largest absolute Gasteiger partial charge is 0.319 e. The van der Waals surface area contributed by atoms with Gasteiger partial charge >= 0.3 is 0 Å². The van der Waals surface area contributed by atoms with Crippen LogP contribution >= 0.6 is 0 Å². The van der Waals surface area contributed by atoms with Gasteiger partial charge in [0.05, 0.1) is 0 Å². The molecule has 1 aliphatic carbocycles. The van der Waals surface area contributed by atoms with Crippen LogP contribution in [-0.4, -0.2) is 19.4 Å². The highest BCUT2D eigenvalue weighted by molar-refractivity contribution is 5.79. The van der Waals surface area contributed by atoms with Crippen molar-refractivity contribution in [2.45, 2.75) is 40.0 Å². The van der Waals surface area contributed by atoms with Crippen LogP contribution < -0.4 is 5.32 Å². The van der Waals surface area contributed by atoms with E-state index in [2.05, 4.69) is 19.2 Å². The van der Waals surface area contributed by atoms with Gasteiger partial charge in [0.25, 0.3) is 0 Å². The number of Topliss-reactive ketones (excluding diaryl/α,β-unsaturated/α-hetero) is 1. The monoisotopic (exact) mass is 197 g/mol. The smallest absolute Gasteiger partial charge is 0.133 e. The summed E-state index contributed by atoms with van der Waals surface area (Å²) < 4.78 is 0. The van der Waals surface area contributed by atoms with Crippen molar-refractivity contribution in [3.8, 4) is 0 Å². The summed E-state index contributed by atoms with van der Waals surface area (Å²) in [6, 6.07) is 0. The highest BCUT2D eigenvalue weighted by atomic mass is 16.1. The Hall–Kier alpha value is -0.370. The van der Waals surface area contributed by atoms with Crippen LogP contribution in [-0.2, 0) is 4.79 Å². The molecule has 14 heavy (non-hydrogen) atoms. The lowest BCUT2D eigenvalue weighted by atomic mass is 9.62. The number of rotatable bonds is 3. The summed E-state index contributed by atoms with van der Waals surface area (Å²) in [7, 11) is 1.97. The quantitative estimate of drug-likeness (QED) is 0.751. The molecule has 0 aromatic rings. The number of carbonyl (C=O) groups excluding carboxylic acids is 1. The summed E-state index contributed by atoms with van der Waals surface area (Å²) in [5, 5.41) is 3.21. The summed E-state index contributed by atoms with van der Waals surface area (Å²) in [6.07, 6.45) is 3.66. The Morgan fingerprint density at radius 3 is 2.64 bits per heavy atom. The predicted octanol–water partition coefficient (Wildman–Crippen LogP) is 2.24. The third kappa shape index (κ3) is 2.35. The summed E-state index contributed by atoms with van der Waals surface area (Å²) in [5.41, 5.74) is 0.200. The molecule has 1 saturated carbocycles. The predicted molar refractivity (Wildman–Crippen MR) is 59.2 cm³/mol. The molecule has 1 rings (SSSR count). The number of ketones is 1. The molecule has 0 bridgehead atoms. The lowest BCUT2D eigenvalue weighted by Gasteiger charge is -2.42. The first kappa shape index (κ1) is 11.7. The average Bonchev–Trinajstić information content (AvgIpc) is 2.01. The Kier molecular flexibility index (Phi) is 3.71. The fraction of sp³-hybridized carbons (Fsp3) is 0.917. The molecule has 0 aromatic carbocycles. The van der Waals surface area contributed by atoms with E-state index in [-0.39, 0.29) is 11.3 Å². The Balaban J connectivity index is 2.79. The van der Waals surface area contributed by atoms with Gasteiger partial charge in [-0.05, 0) is 44.7 Å². The number of hydrogen-bond acceptors (Lipinski definition) is 2. The molecule has 82 valence electrons. The molecular weight excluding hydrogens is 174 g/mol. The molecule has 1 fully saturated rings. The zero-order valence-corrected chi connectivity index (χ0v) is 9.89. The third-order valence-electron chi connectivity index (χ3n) is 3.61. The van der Waals surface area contributed by atoms with Crippen molar-refractivity contribution in [1.29, 1.82) is 0 Å². The van der Waals surface area contributed by atoms with E-state index in [0.29, 0.717) is 11.7 Å². The van der Waals surface area contributed by atoms with Crippen LogP contribution in [0, 0.1) is 17.3 Å². The molecule has 0 spiro atoms. The van der Waals surface area contributed by atoms with Gasteiger partial charge in [0, 0.05) is 5.92 Å². The minimum atomic E-state index is 0.200. The van der Waals surface area contributed by atoms with Crippen molar-refractivity contribution < 1.29 is 4.79 Å². The minimum Gasteiger partial charge on any atom is -0.319 e. The van der Waals surface area contributed by atoms with E-state index in [1.165, 1.54) is 19.3 Å². The average molecular weight is 197 g/mol. The number of nitrogens with one attached hydrogen (secondary N) is 1. The zero-order chi connectivity index (χ0) is 10.8. The van der Waals surface area contributed by atoms with Gasteiger partial charge in [0.15, 0.2) is 0 Å². The van der Waals surface area contributed by atoms with Crippen LogP contribution in [0.3, 0.4) is 0 Å². The summed E-state index contributed by atoms with van der Waals surface area (Å²) in [5.74, 6) is 1.17. The van der Waals surface area contributed by atoms with E-state index >= 15 is 0 Å². The molecule has 1 aliphatic rings. The van der Waals surface area contributed by atoms with Crippen LogP contribution in [0.5, 0.6) is 0 Å². The SMILES string of the molecule is CNCC1CCCC(C)(C)C1C(C)=O. The lowest BCUT2D eigenvalue weighted by molar-refractivity contribution is -0.128. The van der Waals surface area contributed by atoms with Crippen molar-refractivity contribution in [1.82, 2.24) is 5.32 Å². The molecule has 0 saturated heterocycles. The fourth-order valence-electron chi connectivity index (χ4n) is 3.14. The molecule has 0 aliphatic heterocycles. The van der Waals surface area contributed by atoms with Crippen molar-refractivity contribution in [3.63, 3.8) is 0 Å². The van der Waals surface area contributed by atoms with Crippen LogP contribution in [0.2, 0.25) is 0 Å². The second kappa shape index (κ2) is 4.43. The molecule has 0 heterocycles. The fourth-order valence-corrected chi connectivity index (χ4v) is 3.14. The molecule has 2 atom stereocenters. The first-order chi connectivity index (χ1) is 6.49. The van der Waals surface area contributed by atoms with Gasteiger partial charge in [-0.15, -0.1) is 0 Å². The third-order valence-corrected chi connectivity index (χ3v) is 3.61. The zero-order valence-electron chi connectivity index (χ0n) is 9.89. The summed E-state index contributed by atoms with van der Waals surface area (Å²) >= 11 is 0. The van der Waals surface area contributed by atoms with Crippen LogP contribution in [0.25, 0.3) is 0 Å². The number of carbonyl (C=O) groups is 1. The normalized spacial score (nSPS) is 31.4. The van der Waals surface area contributed by atoms with Crippen LogP contribution in [0.15, 0.2) is 0 Å². The van der Waals surface area contributed by atoms with E-state index in [9.17, 15) is 4.79 Å². The van der Waals surface area contributed by atoms with Crippen molar-refractivity contribution in [3.05, 3.63) is 0 Å². The molecule has 2 heteroatoms. The Morgan fingerprint density at radius 2 is 2.14 bits per heavy atom. The van der Waals surface area contributed by atoms with Gasteiger partial charge in [0.1, 0.15) is 5.78 Å². The molecule has 0 aromatic heterocycles. The second-order valence-electron chi connectivity index (χ2n) is 5.29. The van der Waals surface area contributed by atoms with Crippen molar-refractivity contribution in [2.24, 2.45) is 17.3 Å². The molecule has 1 N–H and O–H groups in total. The van der Waals surface area contributed by atoms with E-state index < -0.39 is 0 Å². The number of hydrogen-bond donors (Lipinski definition) is 1. The molecule has 2 nitrogen and oxygen atoms in total. The highest BCUT2D eigenvalue weighted by Crippen LogP contribution is 2.44. The van der Waals surface area contributed by atoms with Crippen molar-refractivity contribution >= 4 is 5.78 Å². The van der Waals surface area contributed by atoms with Gasteiger partial charge in [-0.1, -0.05) is 20.3 Å². The van der Waals surface area contributed by atoms with Gasteiger partial charge in [0.2, 0.25) is 0 Å². The standard InChI is InChI=1S/C12H23NO/c1-9(14)11-10(8-13-4)6-5-7-12(11,2)3/h10-11,13H,5-8H2,1-4H3. The second-order valence-corrected chi connectivity index (χ2v) is 5.29. The van der Waals surface area contributed by atoms with Crippen LogP contribution in [0.4, 0.5) is 0 Å². The van der Waals surface area contributed by atoms with E-state index in [4.69, 9.17) is 0 Å². The first-order valence-corrected chi connectivity index (χ1v) is 5.64.